The lowest BCUT2D eigenvalue weighted by Crippen LogP contribution is -2.35. The molecule has 1 aliphatic carbocycles. The number of rotatable bonds is 5. The fourth-order valence-electron chi connectivity index (χ4n) is 2.71. The zero-order valence-corrected chi connectivity index (χ0v) is 11.4. The molecule has 0 spiro atoms. The third-order valence-corrected chi connectivity index (χ3v) is 3.61. The van der Waals surface area contributed by atoms with Gasteiger partial charge in [-0.2, -0.15) is 0 Å². The molecule has 1 saturated carbocycles. The second-order valence-corrected chi connectivity index (χ2v) is 6.61. The molecule has 0 aromatic carbocycles. The van der Waals surface area contributed by atoms with Crippen LogP contribution in [0.15, 0.2) is 0 Å². The minimum Gasteiger partial charge on any atom is -0.392 e. The van der Waals surface area contributed by atoms with Gasteiger partial charge in [0.2, 0.25) is 0 Å². The van der Waals surface area contributed by atoms with Crippen molar-refractivity contribution < 1.29 is 5.11 Å². The second kappa shape index (κ2) is 6.02. The molecule has 0 amide bonds. The Hall–Kier alpha value is -0.0800. The Labute approximate surface area is 101 Å². The minimum atomic E-state index is -0.194. The Kier molecular flexibility index (Phi) is 5.26. The van der Waals surface area contributed by atoms with Crippen molar-refractivity contribution >= 4 is 0 Å². The van der Waals surface area contributed by atoms with Crippen LogP contribution in [0.3, 0.4) is 0 Å². The minimum absolute atomic E-state index is 0.194. The van der Waals surface area contributed by atoms with E-state index in [0.29, 0.717) is 6.04 Å². The molecule has 0 bridgehead atoms. The van der Waals surface area contributed by atoms with Crippen LogP contribution in [0.25, 0.3) is 0 Å². The van der Waals surface area contributed by atoms with Gasteiger partial charge >= 0.3 is 0 Å². The first kappa shape index (κ1) is 14.0. The van der Waals surface area contributed by atoms with Crippen LogP contribution in [0.1, 0.15) is 59.8 Å². The van der Waals surface area contributed by atoms with Crippen LogP contribution >= 0.6 is 0 Å². The summed E-state index contributed by atoms with van der Waals surface area (Å²) in [4.78, 5) is 0. The van der Waals surface area contributed by atoms with Gasteiger partial charge in [0.05, 0.1) is 6.10 Å². The highest BCUT2D eigenvalue weighted by atomic mass is 16.3. The van der Waals surface area contributed by atoms with Crippen LogP contribution in [0.5, 0.6) is 0 Å². The average molecular weight is 227 g/mol. The molecular formula is C14H29NO. The lowest BCUT2D eigenvalue weighted by molar-refractivity contribution is 0.116. The quantitative estimate of drug-likeness (QED) is 0.757. The Morgan fingerprint density at radius 3 is 2.50 bits per heavy atom. The molecule has 0 aromatic rings. The van der Waals surface area contributed by atoms with E-state index in [1.165, 1.54) is 25.7 Å². The van der Waals surface area contributed by atoms with E-state index in [1.807, 2.05) is 0 Å². The van der Waals surface area contributed by atoms with Crippen LogP contribution in [-0.2, 0) is 0 Å². The highest BCUT2D eigenvalue weighted by Gasteiger charge is 2.24. The predicted octanol–water partition coefficient (Wildman–Crippen LogP) is 2.95. The number of hydrogen-bond acceptors (Lipinski definition) is 2. The molecule has 96 valence electrons. The van der Waals surface area contributed by atoms with Crippen molar-refractivity contribution in [2.75, 3.05) is 6.54 Å². The number of nitrogens with one attached hydrogen (secondary N) is 1. The van der Waals surface area contributed by atoms with Crippen LogP contribution in [-0.4, -0.2) is 23.8 Å². The van der Waals surface area contributed by atoms with Gasteiger partial charge in [-0.3, -0.25) is 0 Å². The molecule has 1 rings (SSSR count). The summed E-state index contributed by atoms with van der Waals surface area (Å²) in [5, 5.41) is 13.4. The first-order valence-corrected chi connectivity index (χ1v) is 6.82. The Morgan fingerprint density at radius 2 is 2.00 bits per heavy atom. The molecule has 0 radical (unpaired) electrons. The molecule has 1 aliphatic rings. The zero-order chi connectivity index (χ0) is 12.2. The van der Waals surface area contributed by atoms with Gasteiger partial charge in [-0.25, -0.2) is 0 Å². The van der Waals surface area contributed by atoms with Gasteiger partial charge in [0.25, 0.3) is 0 Å². The second-order valence-electron chi connectivity index (χ2n) is 6.61. The van der Waals surface area contributed by atoms with Gasteiger partial charge in [0.15, 0.2) is 0 Å². The van der Waals surface area contributed by atoms with Crippen LogP contribution in [0.4, 0.5) is 0 Å². The number of hydrogen-bond donors (Lipinski definition) is 2. The average Bonchev–Trinajstić information content (AvgIpc) is 2.59. The van der Waals surface area contributed by atoms with Gasteiger partial charge in [-0.1, -0.05) is 34.1 Å². The van der Waals surface area contributed by atoms with E-state index in [1.54, 1.807) is 0 Å². The van der Waals surface area contributed by atoms with Gasteiger partial charge in [0, 0.05) is 12.6 Å². The predicted molar refractivity (Wildman–Crippen MR) is 69.5 cm³/mol. The van der Waals surface area contributed by atoms with E-state index in [9.17, 15) is 5.11 Å². The standard InChI is InChI=1S/C14H29NO/c1-5-11-6-7-12(8-11)15-10-13(16)9-14(2,3)4/h11-13,15-16H,5-10H2,1-4H3. The van der Waals surface area contributed by atoms with Crippen molar-refractivity contribution in [3.63, 3.8) is 0 Å². The van der Waals surface area contributed by atoms with Crippen molar-refractivity contribution in [1.82, 2.24) is 5.32 Å². The number of aliphatic hydroxyl groups excluding tert-OH is 1. The third-order valence-electron chi connectivity index (χ3n) is 3.61. The largest absolute Gasteiger partial charge is 0.392 e. The maximum Gasteiger partial charge on any atom is 0.0669 e. The van der Waals surface area contributed by atoms with Crippen molar-refractivity contribution in [3.05, 3.63) is 0 Å². The summed E-state index contributed by atoms with van der Waals surface area (Å²) in [7, 11) is 0. The first-order valence-electron chi connectivity index (χ1n) is 6.82. The van der Waals surface area contributed by atoms with Crippen LogP contribution in [0.2, 0.25) is 0 Å². The SMILES string of the molecule is CCC1CCC(NCC(O)CC(C)(C)C)C1. The fraction of sp³-hybridized carbons (Fsp3) is 1.00. The summed E-state index contributed by atoms with van der Waals surface area (Å²) in [6.45, 7) is 9.58. The summed E-state index contributed by atoms with van der Waals surface area (Å²) in [6, 6.07) is 0.652. The van der Waals surface area contributed by atoms with E-state index in [0.717, 1.165) is 18.9 Å². The van der Waals surface area contributed by atoms with E-state index in [-0.39, 0.29) is 11.5 Å². The van der Waals surface area contributed by atoms with Crippen molar-refractivity contribution in [1.29, 1.82) is 0 Å². The molecule has 0 heterocycles. The Morgan fingerprint density at radius 1 is 1.31 bits per heavy atom. The molecule has 0 aromatic heterocycles. The fourth-order valence-corrected chi connectivity index (χ4v) is 2.71. The van der Waals surface area contributed by atoms with Crippen LogP contribution in [0, 0.1) is 11.3 Å². The van der Waals surface area contributed by atoms with Gasteiger partial charge in [-0.15, -0.1) is 0 Å². The monoisotopic (exact) mass is 227 g/mol. The molecule has 2 nitrogen and oxygen atoms in total. The summed E-state index contributed by atoms with van der Waals surface area (Å²) in [6.07, 6.45) is 5.95. The summed E-state index contributed by atoms with van der Waals surface area (Å²) in [5.74, 6) is 0.914. The highest BCUT2D eigenvalue weighted by Crippen LogP contribution is 2.28. The number of aliphatic hydroxyl groups is 1. The third kappa shape index (κ3) is 5.31. The van der Waals surface area contributed by atoms with Crippen molar-refractivity contribution in [3.8, 4) is 0 Å². The molecule has 2 N–H and O–H groups in total. The lowest BCUT2D eigenvalue weighted by atomic mass is 9.89. The molecule has 3 unspecified atom stereocenters. The van der Waals surface area contributed by atoms with Gasteiger partial charge in [-0.05, 0) is 37.0 Å². The molecule has 0 aliphatic heterocycles. The van der Waals surface area contributed by atoms with E-state index in [4.69, 9.17) is 0 Å². The molecule has 1 fully saturated rings. The van der Waals surface area contributed by atoms with E-state index >= 15 is 0 Å². The summed E-state index contributed by atoms with van der Waals surface area (Å²) in [5.41, 5.74) is 0.225. The van der Waals surface area contributed by atoms with E-state index < -0.39 is 0 Å². The zero-order valence-electron chi connectivity index (χ0n) is 11.4. The Balaban J connectivity index is 2.15. The lowest BCUT2D eigenvalue weighted by Gasteiger charge is -2.24. The highest BCUT2D eigenvalue weighted by molar-refractivity contribution is 4.81. The molecule has 16 heavy (non-hydrogen) atoms. The normalized spacial score (nSPS) is 28.3. The summed E-state index contributed by atoms with van der Waals surface area (Å²) < 4.78 is 0. The van der Waals surface area contributed by atoms with Gasteiger partial charge < -0.3 is 10.4 Å². The van der Waals surface area contributed by atoms with E-state index in [2.05, 4.69) is 33.0 Å². The molecule has 2 heteroatoms. The topological polar surface area (TPSA) is 32.3 Å². The first-order chi connectivity index (χ1) is 7.40. The van der Waals surface area contributed by atoms with Crippen LogP contribution < -0.4 is 5.32 Å². The summed E-state index contributed by atoms with van der Waals surface area (Å²) >= 11 is 0. The Bertz CT molecular complexity index is 197. The maximum absolute atomic E-state index is 9.91. The van der Waals surface area contributed by atoms with Gasteiger partial charge in [0.1, 0.15) is 0 Å². The smallest absolute Gasteiger partial charge is 0.0669 e. The maximum atomic E-state index is 9.91. The molecular weight excluding hydrogens is 198 g/mol. The molecule has 3 atom stereocenters. The van der Waals surface area contributed by atoms with Crippen molar-refractivity contribution in [2.45, 2.75) is 71.9 Å². The van der Waals surface area contributed by atoms with Crippen molar-refractivity contribution in [2.24, 2.45) is 11.3 Å². The molecule has 0 saturated heterocycles.